The lowest BCUT2D eigenvalue weighted by Gasteiger charge is -2.41. The van der Waals surface area contributed by atoms with Gasteiger partial charge in [-0.25, -0.2) is 14.8 Å². The number of nitrogens with zero attached hydrogens (tertiary/aromatic N) is 4. The number of anilines is 1. The lowest BCUT2D eigenvalue weighted by Crippen LogP contribution is -2.59. The van der Waals surface area contributed by atoms with Crippen LogP contribution in [0.3, 0.4) is 0 Å². The lowest BCUT2D eigenvalue weighted by atomic mass is 9.81. The summed E-state index contributed by atoms with van der Waals surface area (Å²) in [4.78, 5) is 38.6. The SMILES string of the molecule is CC(C)[C@@H](NC(=O)OC(C)(C)C)C(=O)N1CCN(c2ncc(B3OC(C)(C)C(C)(C)O3)cn2)[C@H](C)C1. The summed E-state index contributed by atoms with van der Waals surface area (Å²) in [7, 11) is -0.513. The van der Waals surface area contributed by atoms with Crippen LogP contribution in [-0.2, 0) is 18.8 Å². The summed E-state index contributed by atoms with van der Waals surface area (Å²) in [5.41, 5.74) is -0.723. The van der Waals surface area contributed by atoms with Gasteiger partial charge in [-0.1, -0.05) is 13.8 Å². The lowest BCUT2D eigenvalue weighted by molar-refractivity contribution is -0.135. The predicted molar refractivity (Wildman–Crippen MR) is 139 cm³/mol. The first-order valence-electron chi connectivity index (χ1n) is 12.7. The molecule has 10 nitrogen and oxygen atoms in total. The Morgan fingerprint density at radius 2 is 1.67 bits per heavy atom. The number of piperazine rings is 1. The third kappa shape index (κ3) is 6.29. The van der Waals surface area contributed by atoms with Crippen molar-refractivity contribution in [3.05, 3.63) is 12.4 Å². The number of carbonyl (C=O) groups is 2. The molecule has 0 bridgehead atoms. The largest absolute Gasteiger partial charge is 0.498 e. The summed E-state index contributed by atoms with van der Waals surface area (Å²) in [5, 5.41) is 2.76. The van der Waals surface area contributed by atoms with Crippen molar-refractivity contribution in [2.24, 2.45) is 5.92 Å². The van der Waals surface area contributed by atoms with E-state index in [1.54, 1.807) is 38.1 Å². The van der Waals surface area contributed by atoms with Crippen LogP contribution in [0.15, 0.2) is 12.4 Å². The second kappa shape index (κ2) is 10.2. The normalized spacial score (nSPS) is 22.5. The molecule has 0 aromatic carbocycles. The minimum absolute atomic E-state index is 0.000244. The minimum atomic E-state index is -0.658. The molecule has 0 radical (unpaired) electrons. The van der Waals surface area contributed by atoms with Crippen molar-refractivity contribution in [3.8, 4) is 0 Å². The van der Waals surface area contributed by atoms with Gasteiger partial charge in [-0.15, -0.1) is 0 Å². The van der Waals surface area contributed by atoms with Gasteiger partial charge < -0.3 is 29.2 Å². The molecule has 3 rings (SSSR count). The molecule has 2 atom stereocenters. The van der Waals surface area contributed by atoms with Crippen LogP contribution in [-0.4, -0.2) is 82.5 Å². The van der Waals surface area contributed by atoms with Gasteiger partial charge in [-0.3, -0.25) is 4.79 Å². The molecule has 1 aromatic rings. The Balaban J connectivity index is 1.62. The van der Waals surface area contributed by atoms with Gasteiger partial charge >= 0.3 is 13.2 Å². The van der Waals surface area contributed by atoms with Crippen molar-refractivity contribution in [3.63, 3.8) is 0 Å². The Morgan fingerprint density at radius 3 is 2.14 bits per heavy atom. The zero-order valence-electron chi connectivity index (χ0n) is 23.4. The van der Waals surface area contributed by atoms with Crippen molar-refractivity contribution < 1.29 is 23.6 Å². The molecule has 0 spiro atoms. The molecule has 2 aliphatic heterocycles. The molecule has 2 saturated heterocycles. The number of aromatic nitrogens is 2. The van der Waals surface area contributed by atoms with Crippen LogP contribution in [0.1, 0.15) is 69.2 Å². The van der Waals surface area contributed by atoms with Crippen molar-refractivity contribution in [2.45, 2.75) is 98.1 Å². The number of nitrogens with one attached hydrogen (secondary N) is 1. The molecule has 2 aliphatic rings. The number of ether oxygens (including phenoxy) is 1. The summed E-state index contributed by atoms with van der Waals surface area (Å²) in [6, 6.07) is -0.659. The second-order valence-electron chi connectivity index (χ2n) is 12.1. The summed E-state index contributed by atoms with van der Waals surface area (Å²) in [6.07, 6.45) is 2.90. The highest BCUT2D eigenvalue weighted by atomic mass is 16.7. The van der Waals surface area contributed by atoms with E-state index in [0.717, 1.165) is 5.46 Å². The predicted octanol–water partition coefficient (Wildman–Crippen LogP) is 2.36. The Hall–Kier alpha value is -2.40. The van der Waals surface area contributed by atoms with Gasteiger partial charge in [0.15, 0.2) is 0 Å². The van der Waals surface area contributed by atoms with Gasteiger partial charge in [0.2, 0.25) is 11.9 Å². The average Bonchev–Trinajstić information content (AvgIpc) is 2.97. The quantitative estimate of drug-likeness (QED) is 0.611. The maximum absolute atomic E-state index is 13.3. The smallest absolute Gasteiger partial charge is 0.444 e. The molecule has 11 heteroatoms. The summed E-state index contributed by atoms with van der Waals surface area (Å²) < 4.78 is 17.5. The van der Waals surface area contributed by atoms with Crippen molar-refractivity contribution in [1.82, 2.24) is 20.2 Å². The van der Waals surface area contributed by atoms with Crippen LogP contribution in [0.4, 0.5) is 10.7 Å². The molecule has 3 heterocycles. The van der Waals surface area contributed by atoms with Gasteiger partial charge in [0.1, 0.15) is 11.6 Å². The number of amides is 2. The van der Waals surface area contributed by atoms with Crippen LogP contribution in [0.25, 0.3) is 0 Å². The molecule has 0 unspecified atom stereocenters. The molecule has 1 N–H and O–H groups in total. The second-order valence-corrected chi connectivity index (χ2v) is 12.1. The molecular formula is C25H42BN5O5. The van der Waals surface area contributed by atoms with E-state index in [2.05, 4.69) is 20.2 Å². The fourth-order valence-corrected chi connectivity index (χ4v) is 4.18. The van der Waals surface area contributed by atoms with E-state index in [0.29, 0.717) is 25.6 Å². The standard InChI is InChI=1S/C25H42BN5O5/c1-16(2)19(29-22(33)34-23(4,5)6)20(32)30-11-12-31(17(3)15-30)21-27-13-18(14-28-21)26-35-24(7,8)25(9,10)36-26/h13-14,16-17,19H,11-12,15H2,1-10H3,(H,29,33)/t17-,19-/m1/s1. The molecule has 0 aliphatic carbocycles. The maximum atomic E-state index is 13.3. The first-order chi connectivity index (χ1) is 16.5. The number of hydrogen-bond acceptors (Lipinski definition) is 8. The summed E-state index contributed by atoms with van der Waals surface area (Å²) in [5.74, 6) is 0.408. The zero-order chi connectivity index (χ0) is 27.1. The number of rotatable bonds is 5. The molecule has 200 valence electrons. The fourth-order valence-electron chi connectivity index (χ4n) is 4.18. The van der Waals surface area contributed by atoms with Gasteiger partial charge in [0, 0.05) is 43.5 Å². The maximum Gasteiger partial charge on any atom is 0.498 e. The molecule has 2 fully saturated rings. The molecule has 1 aromatic heterocycles. The number of carbonyl (C=O) groups excluding carboxylic acids is 2. The third-order valence-corrected chi connectivity index (χ3v) is 6.98. The van der Waals surface area contributed by atoms with E-state index in [9.17, 15) is 9.59 Å². The summed E-state index contributed by atoms with van der Waals surface area (Å²) in [6.45, 7) is 20.9. The number of hydrogen-bond donors (Lipinski definition) is 1. The van der Waals surface area contributed by atoms with Crippen LogP contribution in [0.5, 0.6) is 0 Å². The van der Waals surface area contributed by atoms with E-state index >= 15 is 0 Å². The molecule has 0 saturated carbocycles. The Kier molecular flexibility index (Phi) is 7.96. The van der Waals surface area contributed by atoms with Gasteiger partial charge in [-0.05, 0) is 61.3 Å². The topological polar surface area (TPSA) is 106 Å². The Bertz CT molecular complexity index is 931. The highest BCUT2D eigenvalue weighted by Gasteiger charge is 2.52. The van der Waals surface area contributed by atoms with Crippen LogP contribution in [0.2, 0.25) is 0 Å². The highest BCUT2D eigenvalue weighted by molar-refractivity contribution is 6.61. The number of alkyl carbamates (subject to hydrolysis) is 1. The monoisotopic (exact) mass is 503 g/mol. The van der Waals surface area contributed by atoms with E-state index < -0.39 is 36.1 Å². The van der Waals surface area contributed by atoms with E-state index in [4.69, 9.17) is 14.0 Å². The van der Waals surface area contributed by atoms with Crippen molar-refractivity contribution in [1.29, 1.82) is 0 Å². The van der Waals surface area contributed by atoms with Crippen LogP contribution < -0.4 is 15.7 Å². The van der Waals surface area contributed by atoms with Gasteiger partial charge in [0.05, 0.1) is 11.2 Å². The van der Waals surface area contributed by atoms with Gasteiger partial charge in [0.25, 0.3) is 0 Å². The first-order valence-corrected chi connectivity index (χ1v) is 12.7. The molecule has 2 amide bonds. The first kappa shape index (κ1) is 28.2. The van der Waals surface area contributed by atoms with Crippen molar-refractivity contribution >= 4 is 30.5 Å². The Morgan fingerprint density at radius 1 is 1.11 bits per heavy atom. The van der Waals surface area contributed by atoms with Crippen LogP contribution >= 0.6 is 0 Å². The molecule has 36 heavy (non-hydrogen) atoms. The van der Waals surface area contributed by atoms with E-state index in [-0.39, 0.29) is 17.9 Å². The third-order valence-electron chi connectivity index (χ3n) is 6.98. The minimum Gasteiger partial charge on any atom is -0.444 e. The summed E-state index contributed by atoms with van der Waals surface area (Å²) >= 11 is 0. The van der Waals surface area contributed by atoms with Crippen LogP contribution in [0, 0.1) is 5.92 Å². The van der Waals surface area contributed by atoms with Gasteiger partial charge in [-0.2, -0.15) is 0 Å². The average molecular weight is 503 g/mol. The Labute approximate surface area is 215 Å². The highest BCUT2D eigenvalue weighted by Crippen LogP contribution is 2.36. The fraction of sp³-hybridized carbons (Fsp3) is 0.760. The van der Waals surface area contributed by atoms with Crippen molar-refractivity contribution in [2.75, 3.05) is 24.5 Å². The van der Waals surface area contributed by atoms with E-state index in [1.165, 1.54) is 0 Å². The molecular weight excluding hydrogens is 461 g/mol. The van der Waals surface area contributed by atoms with E-state index in [1.807, 2.05) is 48.5 Å². The zero-order valence-corrected chi connectivity index (χ0v) is 23.4.